The van der Waals surface area contributed by atoms with Gasteiger partial charge in [-0.1, -0.05) is 137 Å². The molecule has 0 nitrogen and oxygen atoms in total. The summed E-state index contributed by atoms with van der Waals surface area (Å²) in [5.74, 6) is 0. The molecule has 0 aliphatic carbocycles. The Morgan fingerprint density at radius 1 is 0.486 bits per heavy atom. The van der Waals surface area contributed by atoms with E-state index in [1.807, 2.05) is 18.2 Å². The number of rotatable bonds is 4. The first-order valence-electron chi connectivity index (χ1n) is 13.0. The van der Waals surface area contributed by atoms with Crippen molar-refractivity contribution < 1.29 is 0 Å². The Morgan fingerprint density at radius 2 is 0.857 bits per heavy atom. The highest BCUT2D eigenvalue weighted by atomic mass is 31.1. The molecule has 6 rings (SSSR count). The van der Waals surface area contributed by atoms with E-state index in [4.69, 9.17) is 0 Å². The Balaban J connectivity index is 0.000000313. The van der Waals surface area contributed by atoms with Gasteiger partial charge in [0, 0.05) is 11.3 Å². The number of aryl methyl sites for hydroxylation is 1. The Morgan fingerprint density at radius 3 is 1.23 bits per heavy atom. The molecule has 35 heavy (non-hydrogen) atoms. The van der Waals surface area contributed by atoms with Crippen LogP contribution in [0.15, 0.2) is 115 Å². The SMILES string of the molecule is Cc1ccccc1.c1ccc(C2CCCP2c2ccccc2P2CCCC2c2ccccc2)cc1. The van der Waals surface area contributed by atoms with Crippen molar-refractivity contribution in [2.45, 2.75) is 43.9 Å². The standard InChI is InChI=1S/C26H28P2.C7H8/c1-3-11-21(12-4-1)23-17-9-19-27(23)25-15-7-8-16-26(25)28-20-10-18-24(28)22-13-5-2-6-14-22;1-7-5-3-2-4-6-7/h1-8,11-16,23-24H,9-10,17-20H2;2-6H,1H3. The van der Waals surface area contributed by atoms with E-state index in [9.17, 15) is 0 Å². The Kier molecular flexibility index (Phi) is 8.46. The zero-order chi connectivity index (χ0) is 23.9. The molecule has 0 spiro atoms. The van der Waals surface area contributed by atoms with Crippen LogP contribution in [0.4, 0.5) is 0 Å². The Labute approximate surface area is 214 Å². The van der Waals surface area contributed by atoms with Crippen LogP contribution < -0.4 is 10.6 Å². The van der Waals surface area contributed by atoms with E-state index in [1.165, 1.54) is 43.6 Å². The number of benzene rings is 4. The molecule has 0 radical (unpaired) electrons. The van der Waals surface area contributed by atoms with Gasteiger partial charge < -0.3 is 0 Å². The fourth-order valence-electron chi connectivity index (χ4n) is 5.64. The summed E-state index contributed by atoms with van der Waals surface area (Å²) in [4.78, 5) is 0. The monoisotopic (exact) mass is 494 g/mol. The van der Waals surface area contributed by atoms with Gasteiger partial charge in [0.2, 0.25) is 0 Å². The van der Waals surface area contributed by atoms with Gasteiger partial charge in [0.15, 0.2) is 0 Å². The summed E-state index contributed by atoms with van der Waals surface area (Å²) in [6.07, 6.45) is 8.32. The molecule has 4 aromatic carbocycles. The van der Waals surface area contributed by atoms with E-state index in [0.29, 0.717) is 0 Å². The van der Waals surface area contributed by atoms with Crippen LogP contribution in [0, 0.1) is 6.92 Å². The quantitative estimate of drug-likeness (QED) is 0.248. The van der Waals surface area contributed by atoms with E-state index in [-0.39, 0.29) is 15.8 Å². The van der Waals surface area contributed by atoms with Crippen LogP contribution in [0.5, 0.6) is 0 Å². The van der Waals surface area contributed by atoms with Crippen molar-refractivity contribution in [3.05, 3.63) is 132 Å². The fraction of sp³-hybridized carbons (Fsp3) is 0.273. The molecule has 4 unspecified atom stereocenters. The van der Waals surface area contributed by atoms with Crippen LogP contribution in [0.25, 0.3) is 0 Å². The third-order valence-electron chi connectivity index (χ3n) is 7.32. The lowest BCUT2D eigenvalue weighted by molar-refractivity contribution is 0.827. The van der Waals surface area contributed by atoms with E-state index < -0.39 is 0 Å². The molecule has 0 aromatic heterocycles. The van der Waals surface area contributed by atoms with Crippen molar-refractivity contribution in [3.8, 4) is 0 Å². The molecule has 2 fully saturated rings. The molecule has 4 atom stereocenters. The third-order valence-corrected chi connectivity index (χ3v) is 13.7. The normalized spacial score (nSPS) is 23.5. The fourth-order valence-corrected chi connectivity index (χ4v) is 12.6. The van der Waals surface area contributed by atoms with Gasteiger partial charge in [-0.05, 0) is 66.7 Å². The summed E-state index contributed by atoms with van der Waals surface area (Å²) < 4.78 is 0. The second kappa shape index (κ2) is 12.1. The van der Waals surface area contributed by atoms with Crippen LogP contribution in [0.2, 0.25) is 0 Å². The first-order chi connectivity index (χ1) is 17.3. The van der Waals surface area contributed by atoms with Gasteiger partial charge in [-0.25, -0.2) is 0 Å². The van der Waals surface area contributed by atoms with Crippen molar-refractivity contribution in [1.29, 1.82) is 0 Å². The van der Waals surface area contributed by atoms with Crippen molar-refractivity contribution >= 4 is 26.5 Å². The second-order valence-electron chi connectivity index (χ2n) is 9.67. The van der Waals surface area contributed by atoms with Crippen LogP contribution in [0.3, 0.4) is 0 Å². The molecule has 2 heteroatoms. The van der Waals surface area contributed by atoms with E-state index in [1.54, 1.807) is 21.7 Å². The second-order valence-corrected chi connectivity index (χ2v) is 14.7. The van der Waals surface area contributed by atoms with Crippen LogP contribution in [0.1, 0.15) is 53.7 Å². The molecule has 178 valence electrons. The maximum absolute atomic E-state index is 2.49. The van der Waals surface area contributed by atoms with Gasteiger partial charge in [0.1, 0.15) is 0 Å². The predicted molar refractivity (Wildman–Crippen MR) is 157 cm³/mol. The van der Waals surface area contributed by atoms with Crippen LogP contribution in [-0.4, -0.2) is 12.3 Å². The maximum Gasteiger partial charge on any atom is 0.00823 e. The number of hydrogen-bond donors (Lipinski definition) is 0. The number of hydrogen-bond acceptors (Lipinski definition) is 0. The maximum atomic E-state index is 2.49. The highest BCUT2D eigenvalue weighted by Crippen LogP contribution is 2.62. The molecule has 0 N–H and O–H groups in total. The lowest BCUT2D eigenvalue weighted by Gasteiger charge is -2.28. The average Bonchev–Trinajstić information content (AvgIpc) is 3.61. The molecule has 2 aliphatic heterocycles. The van der Waals surface area contributed by atoms with Crippen molar-refractivity contribution in [2.24, 2.45) is 0 Å². The Bertz CT molecular complexity index is 1100. The summed E-state index contributed by atoms with van der Waals surface area (Å²) in [7, 11) is -0.177. The van der Waals surface area contributed by atoms with Crippen LogP contribution >= 0.6 is 15.8 Å². The van der Waals surface area contributed by atoms with Crippen LogP contribution in [-0.2, 0) is 0 Å². The van der Waals surface area contributed by atoms with Crippen molar-refractivity contribution in [1.82, 2.24) is 0 Å². The van der Waals surface area contributed by atoms with Gasteiger partial charge in [-0.15, -0.1) is 0 Å². The first kappa shape index (κ1) is 24.4. The zero-order valence-corrected chi connectivity index (χ0v) is 22.6. The van der Waals surface area contributed by atoms with Crippen molar-refractivity contribution in [3.63, 3.8) is 0 Å². The molecular formula is C33H36P2. The van der Waals surface area contributed by atoms with Gasteiger partial charge >= 0.3 is 0 Å². The summed E-state index contributed by atoms with van der Waals surface area (Å²) in [6.45, 7) is 2.08. The molecular weight excluding hydrogens is 458 g/mol. The minimum atomic E-state index is -0.0886. The highest BCUT2D eigenvalue weighted by molar-refractivity contribution is 7.72. The molecule has 2 aliphatic rings. The van der Waals surface area contributed by atoms with E-state index in [0.717, 1.165) is 11.3 Å². The minimum absolute atomic E-state index is 0.0886. The Hall–Kier alpha value is -2.26. The molecule has 2 heterocycles. The lowest BCUT2D eigenvalue weighted by Crippen LogP contribution is -2.24. The summed E-state index contributed by atoms with van der Waals surface area (Å²) in [5, 5.41) is 3.47. The van der Waals surface area contributed by atoms with Crippen molar-refractivity contribution in [2.75, 3.05) is 12.3 Å². The molecule has 4 aromatic rings. The summed E-state index contributed by atoms with van der Waals surface area (Å²) in [6, 6.07) is 42.5. The average molecular weight is 495 g/mol. The van der Waals surface area contributed by atoms with Gasteiger partial charge in [-0.3, -0.25) is 0 Å². The summed E-state index contributed by atoms with van der Waals surface area (Å²) >= 11 is 0. The highest BCUT2D eigenvalue weighted by Gasteiger charge is 2.35. The third kappa shape index (κ3) is 5.94. The van der Waals surface area contributed by atoms with Gasteiger partial charge in [-0.2, -0.15) is 0 Å². The topological polar surface area (TPSA) is 0 Å². The van der Waals surface area contributed by atoms with E-state index in [2.05, 4.69) is 104 Å². The molecule has 2 saturated heterocycles. The predicted octanol–water partition coefficient (Wildman–Crippen LogP) is 8.97. The molecule has 0 amide bonds. The van der Waals surface area contributed by atoms with Gasteiger partial charge in [0.25, 0.3) is 0 Å². The largest absolute Gasteiger partial charge is 0.0670 e. The van der Waals surface area contributed by atoms with E-state index >= 15 is 0 Å². The zero-order valence-electron chi connectivity index (χ0n) is 20.8. The van der Waals surface area contributed by atoms with Gasteiger partial charge in [0.05, 0.1) is 0 Å². The molecule has 0 saturated carbocycles. The minimum Gasteiger partial charge on any atom is -0.0670 e. The molecule has 0 bridgehead atoms. The first-order valence-corrected chi connectivity index (χ1v) is 16.2. The summed E-state index contributed by atoms with van der Waals surface area (Å²) in [5.41, 5.74) is 5.97. The smallest absolute Gasteiger partial charge is 0.00823 e. The lowest BCUT2D eigenvalue weighted by atomic mass is 10.1.